The van der Waals surface area contributed by atoms with Crippen LogP contribution >= 0.6 is 0 Å². The normalized spacial score (nSPS) is 46.9. The molecule has 3 fully saturated rings. The van der Waals surface area contributed by atoms with Crippen molar-refractivity contribution in [2.75, 3.05) is 13.2 Å². The number of aliphatic hydroxyl groups is 8. The molecule has 0 saturated carbocycles. The molecule has 15 atom stereocenters. The summed E-state index contributed by atoms with van der Waals surface area (Å²) in [5, 5.41) is 87.0. The Morgan fingerprint density at radius 3 is 1.69 bits per heavy atom. The summed E-state index contributed by atoms with van der Waals surface area (Å²) in [7, 11) is 0. The standard InChI is InChI=1S/C22H38N2O15/c1-6-13(29)16(32)17(33)22(35-6)39-19-12(24-8(3)28)21(37-10(5-26)15(19)31)38-18-11(23-7(2)27)20(34)36-9(4-25)14(18)30/h6,9-22,25-26,29-34H,4-5H2,1-3H3,(H,23,27)(H,24,28)/t6-,9+,10+,11+,12+,13-,14-,15-,16+,17+,18+,19+,20-,21+,22-/m0/s1. The van der Waals surface area contributed by atoms with Crippen molar-refractivity contribution in [3.63, 3.8) is 0 Å². The minimum absolute atomic E-state index is 0.628. The van der Waals surface area contributed by atoms with Crippen molar-refractivity contribution in [1.82, 2.24) is 10.6 Å². The number of nitrogens with one attached hydrogen (secondary N) is 2. The smallest absolute Gasteiger partial charge is 0.217 e. The molecule has 0 aromatic heterocycles. The molecule has 17 nitrogen and oxygen atoms in total. The lowest BCUT2D eigenvalue weighted by atomic mass is 9.94. The van der Waals surface area contributed by atoms with Crippen molar-refractivity contribution >= 4 is 11.8 Å². The summed E-state index contributed by atoms with van der Waals surface area (Å²) >= 11 is 0. The van der Waals surface area contributed by atoms with E-state index < -0.39 is 117 Å². The molecular formula is C22H38N2O15. The first-order valence-electron chi connectivity index (χ1n) is 12.4. The topological polar surface area (TPSA) is 266 Å². The highest BCUT2D eigenvalue weighted by Gasteiger charge is 2.54. The van der Waals surface area contributed by atoms with Crippen molar-refractivity contribution in [1.29, 1.82) is 0 Å². The molecule has 10 N–H and O–H groups in total. The van der Waals surface area contributed by atoms with Crippen LogP contribution in [0.25, 0.3) is 0 Å². The molecule has 3 rings (SSSR count). The van der Waals surface area contributed by atoms with Gasteiger partial charge < -0.3 is 75.2 Å². The highest BCUT2D eigenvalue weighted by molar-refractivity contribution is 5.73. The second-order valence-electron chi connectivity index (χ2n) is 9.79. The Morgan fingerprint density at radius 1 is 0.667 bits per heavy atom. The molecule has 0 spiro atoms. The van der Waals surface area contributed by atoms with Gasteiger partial charge in [-0.1, -0.05) is 0 Å². The van der Waals surface area contributed by atoms with Gasteiger partial charge in [0.05, 0.1) is 19.3 Å². The van der Waals surface area contributed by atoms with Crippen LogP contribution < -0.4 is 10.6 Å². The van der Waals surface area contributed by atoms with Gasteiger partial charge in [-0.25, -0.2) is 0 Å². The molecule has 0 aromatic carbocycles. The van der Waals surface area contributed by atoms with E-state index in [1.54, 1.807) is 0 Å². The van der Waals surface area contributed by atoms with Crippen LogP contribution in [0, 0.1) is 0 Å². The predicted molar refractivity (Wildman–Crippen MR) is 123 cm³/mol. The summed E-state index contributed by atoms with van der Waals surface area (Å²) in [6.45, 7) is 2.14. The van der Waals surface area contributed by atoms with Crippen molar-refractivity contribution in [2.45, 2.75) is 113 Å². The Kier molecular flexibility index (Phi) is 11.0. The van der Waals surface area contributed by atoms with Gasteiger partial charge in [-0.05, 0) is 6.92 Å². The molecule has 3 heterocycles. The van der Waals surface area contributed by atoms with Gasteiger partial charge in [0.2, 0.25) is 11.8 Å². The number of carbonyl (C=O) groups is 2. The minimum atomic E-state index is -1.78. The van der Waals surface area contributed by atoms with E-state index >= 15 is 0 Å². The summed E-state index contributed by atoms with van der Waals surface area (Å²) in [4.78, 5) is 23.9. The number of aliphatic hydroxyl groups excluding tert-OH is 8. The van der Waals surface area contributed by atoms with Crippen LogP contribution in [-0.2, 0) is 33.3 Å². The van der Waals surface area contributed by atoms with E-state index in [-0.39, 0.29) is 0 Å². The number of rotatable bonds is 8. The summed E-state index contributed by atoms with van der Waals surface area (Å²) in [6, 6.07) is -2.81. The Labute approximate surface area is 223 Å². The Balaban J connectivity index is 1.94. The summed E-state index contributed by atoms with van der Waals surface area (Å²) in [6.07, 6.45) is -20.0. The summed E-state index contributed by atoms with van der Waals surface area (Å²) in [5.74, 6) is -1.29. The summed E-state index contributed by atoms with van der Waals surface area (Å²) < 4.78 is 27.9. The van der Waals surface area contributed by atoms with Crippen molar-refractivity contribution < 1.29 is 74.1 Å². The van der Waals surface area contributed by atoms with Gasteiger partial charge in [0.1, 0.15) is 67.0 Å². The third-order valence-electron chi connectivity index (χ3n) is 6.86. The first-order valence-corrected chi connectivity index (χ1v) is 12.4. The second-order valence-corrected chi connectivity index (χ2v) is 9.79. The molecule has 39 heavy (non-hydrogen) atoms. The maximum absolute atomic E-state index is 12.1. The molecule has 3 saturated heterocycles. The van der Waals surface area contributed by atoms with E-state index in [0.29, 0.717) is 0 Å². The van der Waals surface area contributed by atoms with Gasteiger partial charge in [-0.2, -0.15) is 0 Å². The van der Waals surface area contributed by atoms with E-state index in [2.05, 4.69) is 10.6 Å². The molecule has 0 bridgehead atoms. The zero-order valence-corrected chi connectivity index (χ0v) is 21.5. The van der Waals surface area contributed by atoms with Crippen LogP contribution in [0.3, 0.4) is 0 Å². The number of amides is 2. The third kappa shape index (κ3) is 7.02. The number of carbonyl (C=O) groups excluding carboxylic acids is 2. The van der Waals surface area contributed by atoms with Crippen LogP contribution in [0.1, 0.15) is 20.8 Å². The molecule has 0 aliphatic carbocycles. The molecule has 226 valence electrons. The minimum Gasteiger partial charge on any atom is -0.394 e. The van der Waals surface area contributed by atoms with E-state index in [1.807, 2.05) is 0 Å². The van der Waals surface area contributed by atoms with Gasteiger partial charge in [-0.15, -0.1) is 0 Å². The van der Waals surface area contributed by atoms with Crippen LogP contribution in [0.4, 0.5) is 0 Å². The lowest BCUT2D eigenvalue weighted by Gasteiger charge is -2.49. The SMILES string of the molecule is CC(=O)N[C@@H]1[C@@H](O[C@H]2O[C@H](CO)[C@H](O)[C@H](O[C@@H]3O[C@@H](C)[C@H](O)[C@@H](O)[C@H]3O)[C@H]2NC(C)=O)[C@@H](O)[C@@H](CO)O[C@@H]1O. The van der Waals surface area contributed by atoms with Crippen LogP contribution in [-0.4, -0.2) is 158 Å². The van der Waals surface area contributed by atoms with Crippen LogP contribution in [0.5, 0.6) is 0 Å². The molecule has 3 aliphatic heterocycles. The average molecular weight is 571 g/mol. The average Bonchev–Trinajstić information content (AvgIpc) is 2.87. The fraction of sp³-hybridized carbons (Fsp3) is 0.909. The fourth-order valence-electron chi connectivity index (χ4n) is 4.80. The fourth-order valence-corrected chi connectivity index (χ4v) is 4.80. The first kappa shape index (κ1) is 31.9. The molecular weight excluding hydrogens is 532 g/mol. The van der Waals surface area contributed by atoms with Crippen molar-refractivity contribution in [2.24, 2.45) is 0 Å². The molecule has 0 unspecified atom stereocenters. The van der Waals surface area contributed by atoms with Gasteiger partial charge in [0.25, 0.3) is 0 Å². The monoisotopic (exact) mass is 570 g/mol. The zero-order valence-electron chi connectivity index (χ0n) is 21.5. The lowest BCUT2D eigenvalue weighted by Crippen LogP contribution is -2.70. The molecule has 0 aromatic rings. The largest absolute Gasteiger partial charge is 0.394 e. The first-order chi connectivity index (χ1) is 18.3. The van der Waals surface area contributed by atoms with E-state index in [0.717, 1.165) is 13.8 Å². The van der Waals surface area contributed by atoms with Gasteiger partial charge in [-0.3, -0.25) is 9.59 Å². The quantitative estimate of drug-likeness (QED) is 0.130. The molecule has 17 heteroatoms. The Bertz CT molecular complexity index is 837. The third-order valence-corrected chi connectivity index (χ3v) is 6.86. The van der Waals surface area contributed by atoms with Gasteiger partial charge >= 0.3 is 0 Å². The Morgan fingerprint density at radius 2 is 1.15 bits per heavy atom. The van der Waals surface area contributed by atoms with E-state index in [1.165, 1.54) is 6.92 Å². The molecule has 2 amide bonds. The predicted octanol–water partition coefficient (Wildman–Crippen LogP) is -6.26. The summed E-state index contributed by atoms with van der Waals surface area (Å²) in [5.41, 5.74) is 0. The van der Waals surface area contributed by atoms with Crippen molar-refractivity contribution in [3.8, 4) is 0 Å². The number of ether oxygens (including phenoxy) is 5. The second kappa shape index (κ2) is 13.4. The van der Waals surface area contributed by atoms with Crippen LogP contribution in [0.2, 0.25) is 0 Å². The molecule has 0 radical (unpaired) electrons. The maximum Gasteiger partial charge on any atom is 0.217 e. The molecule has 3 aliphatic rings. The van der Waals surface area contributed by atoms with Gasteiger partial charge in [0.15, 0.2) is 18.9 Å². The number of hydrogen-bond acceptors (Lipinski definition) is 15. The highest BCUT2D eigenvalue weighted by atomic mass is 16.7. The highest BCUT2D eigenvalue weighted by Crippen LogP contribution is 2.32. The van der Waals surface area contributed by atoms with E-state index in [4.69, 9.17) is 23.7 Å². The maximum atomic E-state index is 12.1. The van der Waals surface area contributed by atoms with E-state index in [9.17, 15) is 50.4 Å². The van der Waals surface area contributed by atoms with Crippen molar-refractivity contribution in [3.05, 3.63) is 0 Å². The lowest BCUT2D eigenvalue weighted by molar-refractivity contribution is -0.354. The van der Waals surface area contributed by atoms with Crippen LogP contribution in [0.15, 0.2) is 0 Å². The zero-order chi connectivity index (χ0) is 29.2. The van der Waals surface area contributed by atoms with Gasteiger partial charge in [0, 0.05) is 13.8 Å². The number of hydrogen-bond donors (Lipinski definition) is 10. The Hall–Kier alpha value is -1.58.